The minimum absolute atomic E-state index is 0. The first kappa shape index (κ1) is 20.2. The molecule has 8 nitrogen and oxygen atoms in total. The number of piperidine rings is 1. The maximum absolute atomic E-state index is 13.1. The summed E-state index contributed by atoms with van der Waals surface area (Å²) in [5, 5.41) is 12.8. The Morgan fingerprint density at radius 1 is 1.07 bits per heavy atom. The lowest BCUT2D eigenvalue weighted by molar-refractivity contribution is 0.307. The van der Waals surface area contributed by atoms with Gasteiger partial charge in [-0.2, -0.15) is 4.31 Å². The first-order chi connectivity index (χ1) is 13.6. The molecule has 154 valence electrons. The zero-order valence-electron chi connectivity index (χ0n) is 15.9. The summed E-state index contributed by atoms with van der Waals surface area (Å²) >= 11 is 0. The number of pyridine rings is 1. The smallest absolute Gasteiger partial charge is 0.244 e. The third kappa shape index (κ3) is 3.63. The Balaban J connectivity index is 0.00000205. The van der Waals surface area contributed by atoms with E-state index in [1.54, 1.807) is 10.4 Å². The highest BCUT2D eigenvalue weighted by Gasteiger charge is 2.33. The number of halogens is 1. The largest absolute Gasteiger partial charge is 0.312 e. The molecule has 29 heavy (non-hydrogen) atoms. The zero-order valence-corrected chi connectivity index (χ0v) is 17.5. The maximum Gasteiger partial charge on any atom is 0.244 e. The molecular weight excluding hydrogens is 412 g/mol. The third-order valence-electron chi connectivity index (χ3n) is 5.67. The molecule has 5 rings (SSSR count). The molecule has 0 aliphatic carbocycles. The first-order valence-corrected chi connectivity index (χ1v) is 11.0. The van der Waals surface area contributed by atoms with Crippen molar-refractivity contribution in [3.8, 4) is 0 Å². The number of nitrogens with one attached hydrogen (secondary N) is 1. The van der Waals surface area contributed by atoms with Crippen LogP contribution in [0.1, 0.15) is 30.4 Å². The van der Waals surface area contributed by atoms with E-state index in [-0.39, 0.29) is 23.2 Å². The second kappa shape index (κ2) is 7.98. The Morgan fingerprint density at radius 3 is 2.69 bits per heavy atom. The van der Waals surface area contributed by atoms with Gasteiger partial charge in [0, 0.05) is 43.7 Å². The highest BCUT2D eigenvalue weighted by atomic mass is 35.5. The fraction of sp³-hybridized carbons (Fsp3) is 0.421. The molecule has 0 saturated carbocycles. The van der Waals surface area contributed by atoms with Gasteiger partial charge in [-0.3, -0.25) is 4.98 Å². The molecule has 1 aromatic carbocycles. The maximum atomic E-state index is 13.1. The average molecular weight is 435 g/mol. The average Bonchev–Trinajstić information content (AvgIpc) is 3.17. The van der Waals surface area contributed by atoms with E-state index >= 15 is 0 Å². The fourth-order valence-electron chi connectivity index (χ4n) is 4.11. The number of aromatic nitrogens is 4. The molecule has 0 spiro atoms. The van der Waals surface area contributed by atoms with Gasteiger partial charge in [0.2, 0.25) is 10.0 Å². The molecule has 1 N–H and O–H groups in total. The molecule has 0 radical (unpaired) electrons. The summed E-state index contributed by atoms with van der Waals surface area (Å²) < 4.78 is 30.0. The topological polar surface area (TPSA) is 93.0 Å². The number of para-hydroxylation sites is 1. The van der Waals surface area contributed by atoms with Gasteiger partial charge in [-0.1, -0.05) is 18.2 Å². The van der Waals surface area contributed by atoms with Crippen molar-refractivity contribution in [2.24, 2.45) is 0 Å². The molecule has 2 aromatic heterocycles. The zero-order chi connectivity index (χ0) is 19.1. The summed E-state index contributed by atoms with van der Waals surface area (Å²) in [6.45, 7) is 3.51. The minimum atomic E-state index is -3.55. The van der Waals surface area contributed by atoms with E-state index in [2.05, 4.69) is 25.1 Å². The number of rotatable bonds is 3. The van der Waals surface area contributed by atoms with Crippen LogP contribution < -0.4 is 5.32 Å². The molecule has 0 amide bonds. The molecule has 0 bridgehead atoms. The summed E-state index contributed by atoms with van der Waals surface area (Å²) in [7, 11) is -3.55. The quantitative estimate of drug-likeness (QED) is 0.677. The van der Waals surface area contributed by atoms with E-state index in [9.17, 15) is 8.42 Å². The van der Waals surface area contributed by atoms with Gasteiger partial charge < -0.3 is 9.88 Å². The summed E-state index contributed by atoms with van der Waals surface area (Å²) in [5.41, 5.74) is 0.797. The number of nitrogens with zero attached hydrogens (tertiary/aromatic N) is 5. The summed E-state index contributed by atoms with van der Waals surface area (Å²) in [5.74, 6) is 2.22. The van der Waals surface area contributed by atoms with Gasteiger partial charge in [-0.15, -0.1) is 22.6 Å². The van der Waals surface area contributed by atoms with Crippen molar-refractivity contribution in [2.75, 3.05) is 19.6 Å². The summed E-state index contributed by atoms with van der Waals surface area (Å²) in [4.78, 5) is 4.57. The second-order valence-corrected chi connectivity index (χ2v) is 9.28. The molecule has 0 atom stereocenters. The van der Waals surface area contributed by atoms with Gasteiger partial charge in [0.05, 0.1) is 12.1 Å². The van der Waals surface area contributed by atoms with Crippen LogP contribution in [0.25, 0.3) is 10.9 Å². The predicted molar refractivity (Wildman–Crippen MR) is 111 cm³/mol. The molecule has 3 aromatic rings. The van der Waals surface area contributed by atoms with Gasteiger partial charge in [0.15, 0.2) is 0 Å². The van der Waals surface area contributed by atoms with Crippen LogP contribution in [-0.4, -0.2) is 52.1 Å². The normalized spacial score (nSPS) is 18.3. The van der Waals surface area contributed by atoms with Crippen molar-refractivity contribution >= 4 is 33.3 Å². The summed E-state index contributed by atoms with van der Waals surface area (Å²) in [6.07, 6.45) is 2.98. The predicted octanol–water partition coefficient (Wildman–Crippen LogP) is 1.92. The Labute approximate surface area is 175 Å². The van der Waals surface area contributed by atoms with Gasteiger partial charge >= 0.3 is 0 Å². The lowest BCUT2D eigenvalue weighted by Gasteiger charge is -2.31. The second-order valence-electron chi connectivity index (χ2n) is 7.34. The highest BCUT2D eigenvalue weighted by molar-refractivity contribution is 7.89. The van der Waals surface area contributed by atoms with E-state index in [0.29, 0.717) is 13.1 Å². The monoisotopic (exact) mass is 434 g/mol. The van der Waals surface area contributed by atoms with Crippen LogP contribution in [0.2, 0.25) is 0 Å². The fourth-order valence-corrected chi connectivity index (χ4v) is 5.56. The molecule has 1 fully saturated rings. The van der Waals surface area contributed by atoms with Crippen LogP contribution in [0.3, 0.4) is 0 Å². The van der Waals surface area contributed by atoms with E-state index in [4.69, 9.17) is 0 Å². The van der Waals surface area contributed by atoms with Crippen LogP contribution in [-0.2, 0) is 23.1 Å². The van der Waals surface area contributed by atoms with E-state index in [1.165, 1.54) is 6.20 Å². The molecule has 10 heteroatoms. The third-order valence-corrected chi connectivity index (χ3v) is 7.54. The van der Waals surface area contributed by atoms with Gasteiger partial charge in [-0.25, -0.2) is 8.42 Å². The summed E-state index contributed by atoms with van der Waals surface area (Å²) in [6, 6.07) is 9.27. The van der Waals surface area contributed by atoms with Crippen molar-refractivity contribution in [1.29, 1.82) is 0 Å². The first-order valence-electron chi connectivity index (χ1n) is 9.60. The highest BCUT2D eigenvalue weighted by Crippen LogP contribution is 2.31. The number of benzene rings is 1. The number of hydrogen-bond acceptors (Lipinski definition) is 6. The van der Waals surface area contributed by atoms with Gasteiger partial charge in [-0.05, 0) is 25.0 Å². The Morgan fingerprint density at radius 2 is 1.86 bits per heavy atom. The lowest BCUT2D eigenvalue weighted by Crippen LogP contribution is -2.38. The van der Waals surface area contributed by atoms with Crippen molar-refractivity contribution in [3.63, 3.8) is 0 Å². The van der Waals surface area contributed by atoms with E-state index < -0.39 is 10.0 Å². The number of hydrogen-bond donors (Lipinski definition) is 1. The van der Waals surface area contributed by atoms with Crippen molar-refractivity contribution in [3.05, 3.63) is 48.2 Å². The van der Waals surface area contributed by atoms with Gasteiger partial charge in [0.1, 0.15) is 16.5 Å². The van der Waals surface area contributed by atoms with Crippen LogP contribution in [0.5, 0.6) is 0 Å². The van der Waals surface area contributed by atoms with E-state index in [1.807, 2.05) is 24.3 Å². The standard InChI is InChI=1S/C19H22N6O2S.ClH/c26-28(27,16-11-15-3-1-2-4-17(15)21-12-16)24-8-5-14(6-9-24)19-23-22-18-13-20-7-10-25(18)19;/h1-4,11-12,14,20H,5-10,13H2;1H. The minimum Gasteiger partial charge on any atom is -0.312 e. The van der Waals surface area contributed by atoms with Gasteiger partial charge in [0.25, 0.3) is 0 Å². The molecule has 2 aliphatic heterocycles. The Kier molecular flexibility index (Phi) is 5.56. The molecule has 2 aliphatic rings. The lowest BCUT2D eigenvalue weighted by atomic mass is 9.97. The van der Waals surface area contributed by atoms with Crippen LogP contribution >= 0.6 is 12.4 Å². The Hall–Kier alpha value is -2.07. The molecule has 1 saturated heterocycles. The van der Waals surface area contributed by atoms with E-state index in [0.717, 1.165) is 55.0 Å². The number of fused-ring (bicyclic) bond motifs is 2. The molecular formula is C19H23ClN6O2S. The van der Waals surface area contributed by atoms with Crippen LogP contribution in [0.15, 0.2) is 41.4 Å². The molecule has 4 heterocycles. The van der Waals surface area contributed by atoms with Crippen molar-refractivity contribution in [2.45, 2.75) is 36.7 Å². The van der Waals surface area contributed by atoms with Crippen LogP contribution in [0.4, 0.5) is 0 Å². The molecule has 0 unspecified atom stereocenters. The number of sulfonamides is 1. The Bertz CT molecular complexity index is 1120. The van der Waals surface area contributed by atoms with Crippen molar-refractivity contribution < 1.29 is 8.42 Å². The van der Waals surface area contributed by atoms with Crippen LogP contribution in [0, 0.1) is 0 Å². The van der Waals surface area contributed by atoms with Crippen molar-refractivity contribution in [1.82, 2.24) is 29.4 Å². The SMILES string of the molecule is Cl.O=S(=O)(c1cnc2ccccc2c1)N1CCC(c2nnc3n2CCNC3)CC1.